The molecule has 0 aliphatic heterocycles. The van der Waals surface area contributed by atoms with E-state index < -0.39 is 6.10 Å². The summed E-state index contributed by atoms with van der Waals surface area (Å²) in [6, 6.07) is 0. The Morgan fingerprint density at radius 3 is 0.917 bits per heavy atom. The molecule has 48 heavy (non-hydrogen) atoms. The molecule has 0 aromatic heterocycles. The molecule has 1 N–H and O–H groups in total. The zero-order chi connectivity index (χ0) is 35.0. The van der Waals surface area contributed by atoms with Crippen LogP contribution in [0.5, 0.6) is 0 Å². The van der Waals surface area contributed by atoms with Crippen molar-refractivity contribution in [3.05, 3.63) is 0 Å². The monoisotopic (exact) mass is 681 g/mol. The van der Waals surface area contributed by atoms with E-state index >= 15 is 0 Å². The molecule has 0 heterocycles. The Bertz CT molecular complexity index is 651. The van der Waals surface area contributed by atoms with Crippen LogP contribution in [0, 0.1) is 0 Å². The minimum absolute atomic E-state index is 0.0565. The van der Waals surface area contributed by atoms with Gasteiger partial charge in [0.05, 0.1) is 6.61 Å². The normalized spacial score (nSPS) is 12.0. The summed E-state index contributed by atoms with van der Waals surface area (Å²) < 4.78 is 10.6. The van der Waals surface area contributed by atoms with Crippen molar-refractivity contribution >= 4 is 11.9 Å². The first-order valence-corrected chi connectivity index (χ1v) is 21.6. The van der Waals surface area contributed by atoms with E-state index in [2.05, 4.69) is 13.8 Å². The van der Waals surface area contributed by atoms with Crippen LogP contribution in [-0.4, -0.2) is 36.4 Å². The lowest BCUT2D eigenvalue weighted by atomic mass is 10.0. The number of ether oxygens (including phenoxy) is 2. The van der Waals surface area contributed by atoms with Crippen molar-refractivity contribution in [1.82, 2.24) is 0 Å². The van der Waals surface area contributed by atoms with Gasteiger partial charge in [0.25, 0.3) is 0 Å². The molecular weight excluding hydrogens is 596 g/mol. The molecule has 286 valence electrons. The number of aliphatic hydroxyl groups is 1. The second kappa shape index (κ2) is 40.3. The molecule has 0 radical (unpaired) electrons. The van der Waals surface area contributed by atoms with Gasteiger partial charge >= 0.3 is 11.9 Å². The van der Waals surface area contributed by atoms with Crippen LogP contribution < -0.4 is 0 Å². The van der Waals surface area contributed by atoms with Crippen LogP contribution in [0.25, 0.3) is 0 Å². The summed E-state index contributed by atoms with van der Waals surface area (Å²) in [5.74, 6) is -0.572. The Hall–Kier alpha value is -1.10. The van der Waals surface area contributed by atoms with Crippen LogP contribution in [0.1, 0.15) is 245 Å². The topological polar surface area (TPSA) is 72.8 Å². The van der Waals surface area contributed by atoms with Crippen LogP contribution >= 0.6 is 0 Å². The molecule has 5 heteroatoms. The zero-order valence-corrected chi connectivity index (χ0v) is 32.5. The lowest BCUT2D eigenvalue weighted by Crippen LogP contribution is -2.28. The predicted molar refractivity (Wildman–Crippen MR) is 205 cm³/mol. The van der Waals surface area contributed by atoms with Gasteiger partial charge in [-0.3, -0.25) is 9.59 Å². The summed E-state index contributed by atoms with van der Waals surface area (Å²) in [4.78, 5) is 24.3. The Kier molecular flexibility index (Phi) is 39.4. The van der Waals surface area contributed by atoms with E-state index in [-0.39, 0.29) is 25.2 Å². The molecule has 1 atom stereocenters. The Morgan fingerprint density at radius 2 is 0.646 bits per heavy atom. The van der Waals surface area contributed by atoms with Gasteiger partial charge in [0.1, 0.15) is 6.61 Å². The van der Waals surface area contributed by atoms with Crippen molar-refractivity contribution in [2.75, 3.05) is 13.2 Å². The number of carbonyl (C=O) groups excluding carboxylic acids is 2. The van der Waals surface area contributed by atoms with Crippen molar-refractivity contribution < 1.29 is 24.2 Å². The third-order valence-electron chi connectivity index (χ3n) is 9.90. The van der Waals surface area contributed by atoms with Gasteiger partial charge < -0.3 is 14.6 Å². The molecule has 0 rings (SSSR count). The molecule has 0 saturated carbocycles. The molecule has 0 aromatic rings. The van der Waals surface area contributed by atoms with E-state index in [1.165, 1.54) is 186 Å². The van der Waals surface area contributed by atoms with Crippen LogP contribution in [0.3, 0.4) is 0 Å². The number of aliphatic hydroxyl groups excluding tert-OH is 1. The number of hydrogen-bond donors (Lipinski definition) is 1. The maximum Gasteiger partial charge on any atom is 0.306 e. The SMILES string of the molecule is CCCCCCCCCCCCCCCCCCCCCC(=O)O[C@@H](CO)COC(=O)CCCCCCCCCCCCCCCCC. The van der Waals surface area contributed by atoms with E-state index in [9.17, 15) is 14.7 Å². The fourth-order valence-corrected chi connectivity index (χ4v) is 6.62. The van der Waals surface area contributed by atoms with Crippen molar-refractivity contribution in [2.24, 2.45) is 0 Å². The second-order valence-corrected chi connectivity index (χ2v) is 14.8. The van der Waals surface area contributed by atoms with Gasteiger partial charge in [-0.1, -0.05) is 219 Å². The fraction of sp³-hybridized carbons (Fsp3) is 0.953. The average Bonchev–Trinajstić information content (AvgIpc) is 3.09. The minimum Gasteiger partial charge on any atom is -0.462 e. The van der Waals surface area contributed by atoms with E-state index in [0.717, 1.165) is 32.1 Å². The van der Waals surface area contributed by atoms with E-state index in [4.69, 9.17) is 9.47 Å². The summed E-state index contributed by atoms with van der Waals surface area (Å²) in [7, 11) is 0. The van der Waals surface area contributed by atoms with Gasteiger partial charge in [0.15, 0.2) is 6.10 Å². The smallest absolute Gasteiger partial charge is 0.306 e. The van der Waals surface area contributed by atoms with Crippen LogP contribution in [0.4, 0.5) is 0 Å². The van der Waals surface area contributed by atoms with Crippen LogP contribution in [0.2, 0.25) is 0 Å². The van der Waals surface area contributed by atoms with E-state index in [1.54, 1.807) is 0 Å². The summed E-state index contributed by atoms with van der Waals surface area (Å²) >= 11 is 0. The molecule has 5 nitrogen and oxygen atoms in total. The largest absolute Gasteiger partial charge is 0.462 e. The third kappa shape index (κ3) is 37.7. The summed E-state index contributed by atoms with van der Waals surface area (Å²) in [6.45, 7) is 4.18. The number of hydrogen-bond acceptors (Lipinski definition) is 5. The molecule has 0 bridgehead atoms. The molecule has 0 saturated heterocycles. The Balaban J connectivity index is 3.46. The highest BCUT2D eigenvalue weighted by Gasteiger charge is 2.16. The predicted octanol–water partition coefficient (Wildman–Crippen LogP) is 13.5. The minimum atomic E-state index is -0.761. The second-order valence-electron chi connectivity index (χ2n) is 14.8. The number of unbranched alkanes of at least 4 members (excludes halogenated alkanes) is 32. The van der Waals surface area contributed by atoms with Gasteiger partial charge in [-0.2, -0.15) is 0 Å². The summed E-state index contributed by atoms with van der Waals surface area (Å²) in [5, 5.41) is 9.57. The number of rotatable bonds is 40. The standard InChI is InChI=1S/C43H84O5/c1-3-5-7-9-11-13-15-17-19-20-21-22-24-26-28-30-32-34-36-38-43(46)48-41(39-44)40-47-42(45)37-35-33-31-29-27-25-23-18-16-14-12-10-8-6-4-2/h41,44H,3-40H2,1-2H3/t41-/m0/s1. The van der Waals surface area contributed by atoms with Gasteiger partial charge in [-0.05, 0) is 12.8 Å². The lowest BCUT2D eigenvalue weighted by molar-refractivity contribution is -0.161. The molecular formula is C43H84O5. The first kappa shape index (κ1) is 46.9. The third-order valence-corrected chi connectivity index (χ3v) is 9.90. The summed E-state index contributed by atoms with van der Waals surface area (Å²) in [6.07, 6.45) is 44.6. The van der Waals surface area contributed by atoms with Gasteiger partial charge in [-0.25, -0.2) is 0 Å². The average molecular weight is 681 g/mol. The van der Waals surface area contributed by atoms with Crippen molar-refractivity contribution in [2.45, 2.75) is 251 Å². The molecule has 0 unspecified atom stereocenters. The molecule has 0 aromatic carbocycles. The number of carbonyl (C=O) groups is 2. The maximum absolute atomic E-state index is 12.2. The maximum atomic E-state index is 12.2. The fourth-order valence-electron chi connectivity index (χ4n) is 6.62. The van der Waals surface area contributed by atoms with Gasteiger partial charge in [0, 0.05) is 12.8 Å². The zero-order valence-electron chi connectivity index (χ0n) is 32.5. The van der Waals surface area contributed by atoms with Gasteiger partial charge in [0.2, 0.25) is 0 Å². The Labute approximate surface area is 299 Å². The molecule has 0 aliphatic carbocycles. The lowest BCUT2D eigenvalue weighted by Gasteiger charge is -2.15. The Morgan fingerprint density at radius 1 is 0.396 bits per heavy atom. The highest BCUT2D eigenvalue weighted by Crippen LogP contribution is 2.16. The highest BCUT2D eigenvalue weighted by atomic mass is 16.6. The highest BCUT2D eigenvalue weighted by molar-refractivity contribution is 5.70. The van der Waals surface area contributed by atoms with E-state index in [1.807, 2.05) is 0 Å². The van der Waals surface area contributed by atoms with Crippen LogP contribution in [0.15, 0.2) is 0 Å². The molecule has 0 spiro atoms. The molecule has 0 fully saturated rings. The molecule has 0 aliphatic rings. The first-order valence-electron chi connectivity index (χ1n) is 21.6. The summed E-state index contributed by atoms with van der Waals surface area (Å²) in [5.41, 5.74) is 0. The number of esters is 2. The van der Waals surface area contributed by atoms with Crippen molar-refractivity contribution in [1.29, 1.82) is 0 Å². The first-order chi connectivity index (χ1) is 23.6. The quantitative estimate of drug-likeness (QED) is 0.0515. The van der Waals surface area contributed by atoms with E-state index in [0.29, 0.717) is 12.8 Å². The van der Waals surface area contributed by atoms with Crippen LogP contribution in [-0.2, 0) is 19.1 Å². The van der Waals surface area contributed by atoms with Crippen molar-refractivity contribution in [3.63, 3.8) is 0 Å². The molecule has 0 amide bonds. The van der Waals surface area contributed by atoms with Gasteiger partial charge in [-0.15, -0.1) is 0 Å². The van der Waals surface area contributed by atoms with Crippen molar-refractivity contribution in [3.8, 4) is 0 Å².